The number of hydrogen-bond donors (Lipinski definition) is 2. The summed E-state index contributed by atoms with van der Waals surface area (Å²) in [5.74, 6) is 1.12. The van der Waals surface area contributed by atoms with Crippen molar-refractivity contribution in [3.05, 3.63) is 0 Å². The summed E-state index contributed by atoms with van der Waals surface area (Å²) >= 11 is 0. The highest BCUT2D eigenvalue weighted by atomic mass is 16.3. The maximum Gasteiger partial charge on any atom is 0.0571 e. The van der Waals surface area contributed by atoms with Crippen LogP contribution < -0.4 is 5.73 Å². The van der Waals surface area contributed by atoms with Gasteiger partial charge in [-0.05, 0) is 37.5 Å². The van der Waals surface area contributed by atoms with E-state index in [1.807, 2.05) is 0 Å². The Labute approximate surface area is 86.9 Å². The SMILES string of the molecule is NC1CCCCC1C1CCCCC1O. The molecule has 2 aliphatic carbocycles. The highest BCUT2D eigenvalue weighted by Crippen LogP contribution is 2.37. The minimum atomic E-state index is -0.0575. The molecule has 2 aliphatic rings. The van der Waals surface area contributed by atoms with Crippen LogP contribution in [0.5, 0.6) is 0 Å². The van der Waals surface area contributed by atoms with Crippen molar-refractivity contribution in [3.63, 3.8) is 0 Å². The lowest BCUT2D eigenvalue weighted by Crippen LogP contribution is -2.43. The molecule has 0 amide bonds. The Bertz CT molecular complexity index is 163. The van der Waals surface area contributed by atoms with Crippen LogP contribution in [0.4, 0.5) is 0 Å². The Kier molecular flexibility index (Phi) is 3.45. The van der Waals surface area contributed by atoms with Gasteiger partial charge in [-0.15, -0.1) is 0 Å². The molecule has 0 radical (unpaired) electrons. The first-order chi connectivity index (χ1) is 6.79. The predicted octanol–water partition coefficient (Wildman–Crippen LogP) is 2.06. The molecule has 3 N–H and O–H groups in total. The van der Waals surface area contributed by atoms with E-state index in [0.29, 0.717) is 17.9 Å². The number of aliphatic hydroxyl groups excluding tert-OH is 1. The Balaban J connectivity index is 1.96. The highest BCUT2D eigenvalue weighted by molar-refractivity contribution is 4.88. The van der Waals surface area contributed by atoms with Gasteiger partial charge in [-0.1, -0.05) is 25.7 Å². The zero-order valence-corrected chi connectivity index (χ0v) is 8.99. The van der Waals surface area contributed by atoms with Crippen LogP contribution >= 0.6 is 0 Å². The molecule has 2 heteroatoms. The van der Waals surface area contributed by atoms with E-state index in [1.54, 1.807) is 0 Å². The molecular formula is C12H23NO. The summed E-state index contributed by atoms with van der Waals surface area (Å²) in [5.41, 5.74) is 6.16. The van der Waals surface area contributed by atoms with Crippen LogP contribution in [0, 0.1) is 11.8 Å². The third-order valence-electron chi connectivity index (χ3n) is 4.21. The van der Waals surface area contributed by atoms with Crippen molar-refractivity contribution in [3.8, 4) is 0 Å². The molecule has 0 aromatic rings. The second-order valence-corrected chi connectivity index (χ2v) is 5.13. The van der Waals surface area contributed by atoms with Gasteiger partial charge in [0.2, 0.25) is 0 Å². The third-order valence-corrected chi connectivity index (χ3v) is 4.21. The maximum atomic E-state index is 9.98. The van der Waals surface area contributed by atoms with Crippen molar-refractivity contribution in [2.24, 2.45) is 17.6 Å². The van der Waals surface area contributed by atoms with Crippen LogP contribution in [0.25, 0.3) is 0 Å². The lowest BCUT2D eigenvalue weighted by Gasteiger charge is -2.39. The van der Waals surface area contributed by atoms with E-state index in [9.17, 15) is 5.11 Å². The molecule has 4 unspecified atom stereocenters. The van der Waals surface area contributed by atoms with Crippen molar-refractivity contribution >= 4 is 0 Å². The molecule has 2 rings (SSSR count). The van der Waals surface area contributed by atoms with Gasteiger partial charge in [0.15, 0.2) is 0 Å². The van der Waals surface area contributed by atoms with Crippen LogP contribution in [0.3, 0.4) is 0 Å². The average Bonchev–Trinajstić information content (AvgIpc) is 2.20. The quantitative estimate of drug-likeness (QED) is 0.676. The molecule has 2 nitrogen and oxygen atoms in total. The van der Waals surface area contributed by atoms with E-state index in [1.165, 1.54) is 44.9 Å². The number of rotatable bonds is 1. The van der Waals surface area contributed by atoms with Crippen molar-refractivity contribution in [1.29, 1.82) is 0 Å². The van der Waals surface area contributed by atoms with Crippen molar-refractivity contribution < 1.29 is 5.11 Å². The average molecular weight is 197 g/mol. The van der Waals surface area contributed by atoms with E-state index >= 15 is 0 Å². The van der Waals surface area contributed by atoms with E-state index in [0.717, 1.165) is 6.42 Å². The molecule has 0 aliphatic heterocycles. The molecule has 0 spiro atoms. The lowest BCUT2D eigenvalue weighted by atomic mass is 9.70. The van der Waals surface area contributed by atoms with Gasteiger partial charge in [-0.3, -0.25) is 0 Å². The Morgan fingerprint density at radius 3 is 2.00 bits per heavy atom. The molecule has 2 fully saturated rings. The minimum absolute atomic E-state index is 0.0575. The largest absolute Gasteiger partial charge is 0.393 e. The standard InChI is InChI=1S/C12H23NO/c13-11-7-3-1-5-9(11)10-6-2-4-8-12(10)14/h9-12,14H,1-8,13H2. The van der Waals surface area contributed by atoms with Crippen molar-refractivity contribution in [2.75, 3.05) is 0 Å². The highest BCUT2D eigenvalue weighted by Gasteiger charge is 2.34. The van der Waals surface area contributed by atoms with Gasteiger partial charge in [0.25, 0.3) is 0 Å². The van der Waals surface area contributed by atoms with Gasteiger partial charge in [0.05, 0.1) is 6.10 Å². The van der Waals surface area contributed by atoms with Crippen LogP contribution in [0.2, 0.25) is 0 Å². The maximum absolute atomic E-state index is 9.98. The van der Waals surface area contributed by atoms with Gasteiger partial charge >= 0.3 is 0 Å². The summed E-state index contributed by atoms with van der Waals surface area (Å²) in [7, 11) is 0. The first-order valence-corrected chi connectivity index (χ1v) is 6.22. The first-order valence-electron chi connectivity index (χ1n) is 6.22. The smallest absolute Gasteiger partial charge is 0.0571 e. The normalized spacial score (nSPS) is 45.0. The first kappa shape index (κ1) is 10.4. The Hall–Kier alpha value is -0.0800. The summed E-state index contributed by atoms with van der Waals surface area (Å²) in [6.07, 6.45) is 9.70. The van der Waals surface area contributed by atoms with Crippen LogP contribution in [0.1, 0.15) is 51.4 Å². The van der Waals surface area contributed by atoms with E-state index < -0.39 is 0 Å². The summed E-state index contributed by atoms with van der Waals surface area (Å²) < 4.78 is 0. The summed E-state index contributed by atoms with van der Waals surface area (Å²) in [6.45, 7) is 0. The van der Waals surface area contributed by atoms with E-state index in [4.69, 9.17) is 5.73 Å². The van der Waals surface area contributed by atoms with Gasteiger partial charge in [-0.25, -0.2) is 0 Å². The second kappa shape index (κ2) is 4.63. The van der Waals surface area contributed by atoms with Gasteiger partial charge in [0, 0.05) is 6.04 Å². The predicted molar refractivity (Wildman–Crippen MR) is 57.9 cm³/mol. The Morgan fingerprint density at radius 2 is 1.36 bits per heavy atom. The summed E-state index contributed by atoms with van der Waals surface area (Å²) in [6, 6.07) is 0.362. The molecule has 0 aromatic heterocycles. The minimum Gasteiger partial charge on any atom is -0.393 e. The molecule has 0 bridgehead atoms. The molecule has 0 aromatic carbocycles. The topological polar surface area (TPSA) is 46.2 Å². The second-order valence-electron chi connectivity index (χ2n) is 5.13. The van der Waals surface area contributed by atoms with Crippen LogP contribution in [0.15, 0.2) is 0 Å². The molecule has 82 valence electrons. The van der Waals surface area contributed by atoms with Gasteiger partial charge in [0.1, 0.15) is 0 Å². The van der Waals surface area contributed by atoms with E-state index in [2.05, 4.69) is 0 Å². The third kappa shape index (κ3) is 2.12. The number of aliphatic hydroxyl groups is 1. The van der Waals surface area contributed by atoms with Crippen LogP contribution in [-0.2, 0) is 0 Å². The van der Waals surface area contributed by atoms with Gasteiger partial charge in [-0.2, -0.15) is 0 Å². The monoisotopic (exact) mass is 197 g/mol. The molecular weight excluding hydrogens is 174 g/mol. The molecule has 2 saturated carbocycles. The number of nitrogens with two attached hydrogens (primary N) is 1. The van der Waals surface area contributed by atoms with E-state index in [-0.39, 0.29) is 6.10 Å². The molecule has 0 heterocycles. The lowest BCUT2D eigenvalue weighted by molar-refractivity contribution is 0.0192. The fraction of sp³-hybridized carbons (Fsp3) is 1.00. The fourth-order valence-electron chi connectivity index (χ4n) is 3.36. The summed E-state index contributed by atoms with van der Waals surface area (Å²) in [5, 5.41) is 9.98. The zero-order valence-electron chi connectivity index (χ0n) is 8.99. The Morgan fingerprint density at radius 1 is 0.786 bits per heavy atom. The molecule has 0 saturated heterocycles. The van der Waals surface area contributed by atoms with Gasteiger partial charge < -0.3 is 10.8 Å². The summed E-state index contributed by atoms with van der Waals surface area (Å²) in [4.78, 5) is 0. The molecule has 14 heavy (non-hydrogen) atoms. The fourth-order valence-corrected chi connectivity index (χ4v) is 3.36. The zero-order chi connectivity index (χ0) is 9.97. The molecule has 4 atom stereocenters. The van der Waals surface area contributed by atoms with Crippen molar-refractivity contribution in [1.82, 2.24) is 0 Å². The van der Waals surface area contributed by atoms with Crippen molar-refractivity contribution in [2.45, 2.75) is 63.5 Å². The number of hydrogen-bond acceptors (Lipinski definition) is 2. The van der Waals surface area contributed by atoms with Crippen LogP contribution in [-0.4, -0.2) is 17.3 Å².